The third kappa shape index (κ3) is 2.96. The lowest BCUT2D eigenvalue weighted by Crippen LogP contribution is -2.39. The normalized spacial score (nSPS) is 24.1. The van der Waals surface area contributed by atoms with Gasteiger partial charge in [-0.3, -0.25) is 0 Å². The first-order valence-electron chi connectivity index (χ1n) is 6.31. The smallest absolute Gasteiger partial charge is 0.106 e. The molecule has 1 fully saturated rings. The maximum Gasteiger partial charge on any atom is 0.106 e. The number of anilines is 1. The Morgan fingerprint density at radius 1 is 1.33 bits per heavy atom. The fourth-order valence-corrected chi connectivity index (χ4v) is 3.18. The number of hydrogen-bond donors (Lipinski definition) is 1. The van der Waals surface area contributed by atoms with Crippen LogP contribution in [0.2, 0.25) is 5.02 Å². The third-order valence-corrected chi connectivity index (χ3v) is 3.89. The molecular weight excluding hydrogens is 264 g/mol. The van der Waals surface area contributed by atoms with E-state index in [0.717, 1.165) is 24.3 Å². The molecule has 1 saturated heterocycles. The highest BCUT2D eigenvalue weighted by Gasteiger charge is 2.24. The van der Waals surface area contributed by atoms with Gasteiger partial charge in [0, 0.05) is 29.4 Å². The van der Waals surface area contributed by atoms with Crippen molar-refractivity contribution in [1.29, 1.82) is 0 Å². The predicted molar refractivity (Wildman–Crippen MR) is 82.5 cm³/mol. The van der Waals surface area contributed by atoms with Crippen molar-refractivity contribution < 1.29 is 0 Å². The zero-order valence-corrected chi connectivity index (χ0v) is 12.4. The zero-order chi connectivity index (χ0) is 13.3. The third-order valence-electron chi connectivity index (χ3n) is 3.43. The molecule has 2 atom stereocenters. The fourth-order valence-electron chi connectivity index (χ4n) is 2.84. The van der Waals surface area contributed by atoms with Crippen LogP contribution in [0.1, 0.15) is 25.8 Å². The maximum absolute atomic E-state index is 6.02. The molecule has 98 valence electrons. The van der Waals surface area contributed by atoms with E-state index in [1.54, 1.807) is 0 Å². The van der Waals surface area contributed by atoms with Crippen LogP contribution in [0.4, 0.5) is 5.69 Å². The number of thiocarbonyl (C=S) groups is 1. The van der Waals surface area contributed by atoms with Crippen LogP contribution in [0.15, 0.2) is 18.2 Å². The van der Waals surface area contributed by atoms with Gasteiger partial charge in [0.2, 0.25) is 0 Å². The number of hydrogen-bond acceptors (Lipinski definition) is 2. The summed E-state index contributed by atoms with van der Waals surface area (Å²) in [5, 5.41) is 0.680. The number of piperidine rings is 1. The van der Waals surface area contributed by atoms with Crippen LogP contribution in [0.3, 0.4) is 0 Å². The topological polar surface area (TPSA) is 29.3 Å². The number of nitrogens with two attached hydrogens (primary N) is 1. The summed E-state index contributed by atoms with van der Waals surface area (Å²) in [5.41, 5.74) is 7.81. The second kappa shape index (κ2) is 5.45. The SMILES string of the molecule is CC1CC(C)CN(c2ccc(Cl)cc2C(N)=S)C1. The van der Waals surface area contributed by atoms with Crippen molar-refractivity contribution in [3.63, 3.8) is 0 Å². The molecule has 0 spiro atoms. The Morgan fingerprint density at radius 3 is 2.50 bits per heavy atom. The number of nitrogens with zero attached hydrogens (tertiary/aromatic N) is 1. The number of halogens is 1. The predicted octanol–water partition coefficient (Wildman–Crippen LogP) is 3.46. The molecule has 2 unspecified atom stereocenters. The van der Waals surface area contributed by atoms with Crippen LogP contribution in [0.25, 0.3) is 0 Å². The van der Waals surface area contributed by atoms with Gasteiger partial charge < -0.3 is 10.6 Å². The molecule has 1 aromatic rings. The highest BCUT2D eigenvalue weighted by Crippen LogP contribution is 2.30. The fraction of sp³-hybridized carbons (Fsp3) is 0.500. The highest BCUT2D eigenvalue weighted by molar-refractivity contribution is 7.80. The monoisotopic (exact) mass is 282 g/mol. The van der Waals surface area contributed by atoms with Gasteiger partial charge in [0.1, 0.15) is 4.99 Å². The average Bonchev–Trinajstić information content (AvgIpc) is 2.27. The Hall–Kier alpha value is -0.800. The van der Waals surface area contributed by atoms with E-state index in [4.69, 9.17) is 29.6 Å². The summed E-state index contributed by atoms with van der Waals surface area (Å²) >= 11 is 11.2. The van der Waals surface area contributed by atoms with Crippen LogP contribution >= 0.6 is 23.8 Å². The first-order chi connectivity index (χ1) is 8.47. The Morgan fingerprint density at radius 2 is 1.94 bits per heavy atom. The average molecular weight is 283 g/mol. The lowest BCUT2D eigenvalue weighted by molar-refractivity contribution is 0.357. The molecule has 1 aliphatic rings. The maximum atomic E-state index is 6.02. The molecule has 0 radical (unpaired) electrons. The number of benzene rings is 1. The Kier molecular flexibility index (Phi) is 4.13. The molecule has 4 heteroatoms. The van der Waals surface area contributed by atoms with E-state index >= 15 is 0 Å². The second-order valence-electron chi connectivity index (χ2n) is 5.38. The molecular formula is C14H19ClN2S. The molecule has 0 aromatic heterocycles. The summed E-state index contributed by atoms with van der Waals surface area (Å²) < 4.78 is 0. The lowest BCUT2D eigenvalue weighted by Gasteiger charge is -2.37. The Balaban J connectivity index is 2.35. The summed E-state index contributed by atoms with van der Waals surface area (Å²) in [6.45, 7) is 6.70. The highest BCUT2D eigenvalue weighted by atomic mass is 35.5. The number of rotatable bonds is 2. The summed E-state index contributed by atoms with van der Waals surface area (Å²) in [5.74, 6) is 1.40. The van der Waals surface area contributed by atoms with E-state index < -0.39 is 0 Å². The van der Waals surface area contributed by atoms with E-state index in [0.29, 0.717) is 21.8 Å². The van der Waals surface area contributed by atoms with Crippen LogP contribution in [-0.4, -0.2) is 18.1 Å². The quantitative estimate of drug-likeness (QED) is 0.843. The lowest BCUT2D eigenvalue weighted by atomic mass is 9.91. The van der Waals surface area contributed by atoms with E-state index in [1.807, 2.05) is 18.2 Å². The van der Waals surface area contributed by atoms with Gasteiger partial charge >= 0.3 is 0 Å². The van der Waals surface area contributed by atoms with Gasteiger partial charge in [-0.2, -0.15) is 0 Å². The van der Waals surface area contributed by atoms with Gasteiger partial charge in [-0.15, -0.1) is 0 Å². The van der Waals surface area contributed by atoms with Crippen LogP contribution in [0.5, 0.6) is 0 Å². The second-order valence-corrected chi connectivity index (χ2v) is 6.25. The van der Waals surface area contributed by atoms with Crippen LogP contribution in [-0.2, 0) is 0 Å². The van der Waals surface area contributed by atoms with Gasteiger partial charge in [-0.05, 0) is 36.5 Å². The molecule has 1 aromatic carbocycles. The molecule has 18 heavy (non-hydrogen) atoms. The Labute approximate surface area is 119 Å². The zero-order valence-electron chi connectivity index (χ0n) is 10.8. The molecule has 0 saturated carbocycles. The van der Waals surface area contributed by atoms with E-state index in [2.05, 4.69) is 18.7 Å². The Bertz CT molecular complexity index is 451. The van der Waals surface area contributed by atoms with E-state index in [-0.39, 0.29) is 0 Å². The van der Waals surface area contributed by atoms with E-state index in [1.165, 1.54) is 6.42 Å². The minimum Gasteiger partial charge on any atom is -0.389 e. The van der Waals surface area contributed by atoms with Crippen molar-refractivity contribution in [3.8, 4) is 0 Å². The minimum atomic E-state index is 0.415. The first-order valence-corrected chi connectivity index (χ1v) is 7.10. The summed E-state index contributed by atoms with van der Waals surface area (Å²) in [6.07, 6.45) is 1.28. The van der Waals surface area contributed by atoms with Crippen molar-refractivity contribution in [1.82, 2.24) is 0 Å². The van der Waals surface area contributed by atoms with Crippen molar-refractivity contribution in [2.24, 2.45) is 17.6 Å². The summed E-state index contributed by atoms with van der Waals surface area (Å²) in [7, 11) is 0. The van der Waals surface area contributed by atoms with Crippen molar-refractivity contribution in [2.45, 2.75) is 20.3 Å². The molecule has 1 heterocycles. The minimum absolute atomic E-state index is 0.415. The summed E-state index contributed by atoms with van der Waals surface area (Å²) in [4.78, 5) is 2.79. The van der Waals surface area contributed by atoms with Crippen molar-refractivity contribution in [2.75, 3.05) is 18.0 Å². The molecule has 2 nitrogen and oxygen atoms in total. The van der Waals surface area contributed by atoms with Crippen LogP contribution in [0, 0.1) is 11.8 Å². The van der Waals surface area contributed by atoms with Crippen molar-refractivity contribution in [3.05, 3.63) is 28.8 Å². The first kappa shape index (κ1) is 13.6. The molecule has 2 N–H and O–H groups in total. The van der Waals surface area contributed by atoms with Gasteiger partial charge in [0.15, 0.2) is 0 Å². The van der Waals surface area contributed by atoms with Crippen LogP contribution < -0.4 is 10.6 Å². The molecule has 0 amide bonds. The molecule has 0 bridgehead atoms. The largest absolute Gasteiger partial charge is 0.389 e. The van der Waals surface area contributed by atoms with Gasteiger partial charge in [0.05, 0.1) is 0 Å². The van der Waals surface area contributed by atoms with Gasteiger partial charge in [-0.25, -0.2) is 0 Å². The van der Waals surface area contributed by atoms with Gasteiger partial charge in [-0.1, -0.05) is 37.7 Å². The van der Waals surface area contributed by atoms with Gasteiger partial charge in [0.25, 0.3) is 0 Å². The molecule has 2 rings (SSSR count). The standard InChI is InChI=1S/C14H19ClN2S/c1-9-5-10(2)8-17(7-9)13-4-3-11(15)6-12(13)14(16)18/h3-4,6,9-10H,5,7-8H2,1-2H3,(H2,16,18). The summed E-state index contributed by atoms with van der Waals surface area (Å²) in [6, 6.07) is 5.80. The van der Waals surface area contributed by atoms with E-state index in [9.17, 15) is 0 Å². The molecule has 0 aliphatic carbocycles. The van der Waals surface area contributed by atoms with Crippen molar-refractivity contribution >= 4 is 34.5 Å². The molecule has 1 aliphatic heterocycles.